The van der Waals surface area contributed by atoms with Gasteiger partial charge >= 0.3 is 6.18 Å². The number of furan rings is 1. The molecule has 0 saturated carbocycles. The highest BCUT2D eigenvalue weighted by molar-refractivity contribution is 5.91. The smallest absolute Gasteiger partial charge is 0.416 e. The summed E-state index contributed by atoms with van der Waals surface area (Å²) in [5.74, 6) is 0.182. The highest BCUT2D eigenvalue weighted by atomic mass is 19.4. The molecule has 1 unspecified atom stereocenters. The molecule has 0 spiro atoms. The van der Waals surface area contributed by atoms with Crippen molar-refractivity contribution in [2.75, 3.05) is 0 Å². The topological polar surface area (TPSA) is 42.2 Å². The fourth-order valence-corrected chi connectivity index (χ4v) is 1.85. The summed E-state index contributed by atoms with van der Waals surface area (Å²) < 4.78 is 42.5. The Bertz CT molecular complexity index is 643. The summed E-state index contributed by atoms with van der Waals surface area (Å²) in [4.78, 5) is 11.7. The van der Waals surface area contributed by atoms with E-state index in [9.17, 15) is 18.0 Å². The Morgan fingerprint density at radius 2 is 1.91 bits per heavy atom. The molecule has 22 heavy (non-hydrogen) atoms. The van der Waals surface area contributed by atoms with Crippen molar-refractivity contribution >= 4 is 12.0 Å². The Kier molecular flexibility index (Phi) is 4.70. The second kappa shape index (κ2) is 6.51. The maximum Gasteiger partial charge on any atom is 0.416 e. The van der Waals surface area contributed by atoms with Crippen LogP contribution in [0.25, 0.3) is 6.08 Å². The molecule has 0 aliphatic carbocycles. The van der Waals surface area contributed by atoms with Gasteiger partial charge in [-0.05, 0) is 42.8 Å². The zero-order chi connectivity index (χ0) is 16.2. The standard InChI is InChI=1S/C16H14F3NO2/c1-11(12-4-6-13(7-5-12)16(17,18)19)20-15(21)9-8-14-3-2-10-22-14/h2-11H,1H3,(H,20,21). The van der Waals surface area contributed by atoms with Crippen molar-refractivity contribution in [1.29, 1.82) is 0 Å². The first kappa shape index (κ1) is 15.9. The SMILES string of the molecule is CC(NC(=O)C=Cc1ccco1)c1ccc(C(F)(F)F)cc1. The highest BCUT2D eigenvalue weighted by Gasteiger charge is 2.30. The Morgan fingerprint density at radius 1 is 1.23 bits per heavy atom. The summed E-state index contributed by atoms with van der Waals surface area (Å²) in [5, 5.41) is 2.67. The van der Waals surface area contributed by atoms with Crippen LogP contribution in [0, 0.1) is 0 Å². The first-order valence-corrected chi connectivity index (χ1v) is 6.55. The second-order valence-corrected chi connectivity index (χ2v) is 4.70. The van der Waals surface area contributed by atoms with E-state index in [4.69, 9.17) is 4.42 Å². The lowest BCUT2D eigenvalue weighted by Crippen LogP contribution is -2.24. The maximum absolute atomic E-state index is 12.5. The van der Waals surface area contributed by atoms with Crippen molar-refractivity contribution in [3.05, 3.63) is 65.6 Å². The van der Waals surface area contributed by atoms with Gasteiger partial charge in [0.1, 0.15) is 5.76 Å². The number of benzene rings is 1. The fraction of sp³-hybridized carbons (Fsp3) is 0.188. The largest absolute Gasteiger partial charge is 0.465 e. The van der Waals surface area contributed by atoms with Gasteiger partial charge in [-0.3, -0.25) is 4.79 Å². The first-order valence-electron chi connectivity index (χ1n) is 6.55. The number of hydrogen-bond acceptors (Lipinski definition) is 2. The Labute approximate surface area is 125 Å². The fourth-order valence-electron chi connectivity index (χ4n) is 1.85. The zero-order valence-electron chi connectivity index (χ0n) is 11.7. The van der Waals surface area contributed by atoms with Gasteiger partial charge in [0.15, 0.2) is 0 Å². The van der Waals surface area contributed by atoms with E-state index in [1.54, 1.807) is 19.1 Å². The average molecular weight is 309 g/mol. The number of alkyl halides is 3. The lowest BCUT2D eigenvalue weighted by molar-refractivity contribution is -0.137. The molecule has 3 nitrogen and oxygen atoms in total. The van der Waals surface area contributed by atoms with Crippen LogP contribution < -0.4 is 5.32 Å². The van der Waals surface area contributed by atoms with E-state index in [2.05, 4.69) is 5.32 Å². The summed E-state index contributed by atoms with van der Waals surface area (Å²) in [7, 11) is 0. The monoisotopic (exact) mass is 309 g/mol. The molecule has 0 aliphatic rings. The van der Waals surface area contributed by atoms with Crippen LogP contribution in [0.2, 0.25) is 0 Å². The van der Waals surface area contributed by atoms with Gasteiger partial charge in [0.05, 0.1) is 17.9 Å². The number of amides is 1. The summed E-state index contributed by atoms with van der Waals surface area (Å²) >= 11 is 0. The number of carbonyl (C=O) groups is 1. The Morgan fingerprint density at radius 3 is 2.45 bits per heavy atom. The van der Waals surface area contributed by atoms with Crippen LogP contribution in [0.5, 0.6) is 0 Å². The molecule has 0 radical (unpaired) electrons. The van der Waals surface area contributed by atoms with Crippen LogP contribution in [-0.2, 0) is 11.0 Å². The van der Waals surface area contributed by atoms with Crippen LogP contribution in [0.3, 0.4) is 0 Å². The number of halogens is 3. The molecule has 1 aromatic carbocycles. The molecule has 1 aromatic heterocycles. The van der Waals surface area contributed by atoms with Crippen molar-refractivity contribution in [3.8, 4) is 0 Å². The van der Waals surface area contributed by atoms with Gasteiger partial charge in [-0.25, -0.2) is 0 Å². The minimum absolute atomic E-state index is 0.358. The summed E-state index contributed by atoms with van der Waals surface area (Å²) in [5.41, 5.74) is -0.125. The third kappa shape index (κ3) is 4.25. The second-order valence-electron chi connectivity index (χ2n) is 4.70. The lowest BCUT2D eigenvalue weighted by Gasteiger charge is -2.14. The van der Waals surface area contributed by atoms with E-state index in [0.717, 1.165) is 12.1 Å². The molecule has 1 heterocycles. The van der Waals surface area contributed by atoms with Crippen LogP contribution in [0.1, 0.15) is 29.9 Å². The molecular formula is C16H14F3NO2. The zero-order valence-corrected chi connectivity index (χ0v) is 11.7. The van der Waals surface area contributed by atoms with E-state index >= 15 is 0 Å². The van der Waals surface area contributed by atoms with Gasteiger partial charge < -0.3 is 9.73 Å². The lowest BCUT2D eigenvalue weighted by atomic mass is 10.1. The highest BCUT2D eigenvalue weighted by Crippen LogP contribution is 2.29. The van der Waals surface area contributed by atoms with Gasteiger partial charge in [-0.2, -0.15) is 13.2 Å². The van der Waals surface area contributed by atoms with Gasteiger partial charge in [0.25, 0.3) is 0 Å². The Balaban J connectivity index is 1.97. The minimum atomic E-state index is -4.36. The van der Waals surface area contributed by atoms with Gasteiger partial charge in [-0.15, -0.1) is 0 Å². The molecule has 0 fully saturated rings. The average Bonchev–Trinajstić information content (AvgIpc) is 2.97. The van der Waals surface area contributed by atoms with Crippen LogP contribution >= 0.6 is 0 Å². The van der Waals surface area contributed by atoms with Crippen molar-refractivity contribution in [2.45, 2.75) is 19.1 Å². The molecule has 1 N–H and O–H groups in total. The van der Waals surface area contributed by atoms with Gasteiger partial charge in [0, 0.05) is 6.08 Å². The molecule has 2 aromatic rings. The van der Waals surface area contributed by atoms with E-state index in [1.807, 2.05) is 0 Å². The van der Waals surface area contributed by atoms with E-state index < -0.39 is 17.8 Å². The molecule has 6 heteroatoms. The van der Waals surface area contributed by atoms with Gasteiger partial charge in [-0.1, -0.05) is 12.1 Å². The predicted octanol–water partition coefficient (Wildman–Crippen LogP) is 4.19. The number of rotatable bonds is 4. The van der Waals surface area contributed by atoms with E-state index in [1.165, 1.54) is 30.5 Å². The van der Waals surface area contributed by atoms with Gasteiger partial charge in [0.2, 0.25) is 5.91 Å². The van der Waals surface area contributed by atoms with E-state index in [0.29, 0.717) is 11.3 Å². The minimum Gasteiger partial charge on any atom is -0.465 e. The predicted molar refractivity (Wildman–Crippen MR) is 75.7 cm³/mol. The molecular weight excluding hydrogens is 295 g/mol. The third-order valence-electron chi connectivity index (χ3n) is 3.04. The van der Waals surface area contributed by atoms with Crippen LogP contribution in [-0.4, -0.2) is 5.91 Å². The third-order valence-corrected chi connectivity index (χ3v) is 3.04. The van der Waals surface area contributed by atoms with Crippen molar-refractivity contribution < 1.29 is 22.4 Å². The maximum atomic E-state index is 12.5. The summed E-state index contributed by atoms with van der Waals surface area (Å²) in [6.07, 6.45) is -0.0621. The number of hydrogen-bond donors (Lipinski definition) is 1. The molecule has 0 saturated heterocycles. The number of nitrogens with one attached hydrogen (secondary N) is 1. The van der Waals surface area contributed by atoms with Crippen LogP contribution in [0.4, 0.5) is 13.2 Å². The van der Waals surface area contributed by atoms with Crippen molar-refractivity contribution in [1.82, 2.24) is 5.32 Å². The molecule has 116 valence electrons. The van der Waals surface area contributed by atoms with E-state index in [-0.39, 0.29) is 5.91 Å². The Hall–Kier alpha value is -2.50. The molecule has 0 bridgehead atoms. The molecule has 2 rings (SSSR count). The molecule has 1 atom stereocenters. The van der Waals surface area contributed by atoms with Crippen LogP contribution in [0.15, 0.2) is 53.2 Å². The molecule has 0 aliphatic heterocycles. The first-order chi connectivity index (χ1) is 10.4. The normalized spacial score (nSPS) is 13.3. The quantitative estimate of drug-likeness (QED) is 0.861. The number of carbonyl (C=O) groups excluding carboxylic acids is 1. The van der Waals surface area contributed by atoms with Crippen molar-refractivity contribution in [2.24, 2.45) is 0 Å². The summed E-state index contributed by atoms with van der Waals surface area (Å²) in [6, 6.07) is 7.68. The van der Waals surface area contributed by atoms with Crippen molar-refractivity contribution in [3.63, 3.8) is 0 Å². The molecule has 1 amide bonds. The summed E-state index contributed by atoms with van der Waals surface area (Å²) in [6.45, 7) is 1.70.